The molecule has 0 aliphatic heterocycles. The maximum absolute atomic E-state index is 13.9. The summed E-state index contributed by atoms with van der Waals surface area (Å²) in [5.74, 6) is 0.728. The van der Waals surface area contributed by atoms with E-state index in [1.165, 1.54) is 18.4 Å². The fraction of sp³-hybridized carbons (Fsp3) is 0.538. The van der Waals surface area contributed by atoms with Crippen LogP contribution in [0.15, 0.2) is 36.4 Å². The average Bonchev–Trinajstić information content (AvgIpc) is 3.24. The number of methoxy groups -OCH3 is 1. The van der Waals surface area contributed by atoms with Gasteiger partial charge in [-0.3, -0.25) is 4.79 Å². The van der Waals surface area contributed by atoms with Gasteiger partial charge in [-0.1, -0.05) is 48.6 Å². The number of benzene rings is 1. The average molecular weight is 472 g/mol. The number of carbonyl (C=O) groups is 2. The topological polar surface area (TPSA) is 76.1 Å². The van der Waals surface area contributed by atoms with E-state index in [1.807, 2.05) is 41.3 Å². The van der Waals surface area contributed by atoms with Crippen LogP contribution in [0, 0.1) is 11.8 Å². The molecule has 4 rings (SSSR count). The van der Waals surface area contributed by atoms with Crippen molar-refractivity contribution in [3.05, 3.63) is 36.4 Å². The van der Waals surface area contributed by atoms with E-state index in [2.05, 4.69) is 6.92 Å². The Morgan fingerprint density at radius 2 is 1.67 bits per heavy atom. The molecule has 1 heterocycles. The van der Waals surface area contributed by atoms with Gasteiger partial charge in [0.15, 0.2) is 0 Å². The predicted molar refractivity (Wildman–Crippen MR) is 130 cm³/mol. The Kier molecular flexibility index (Phi) is 7.71. The fourth-order valence-corrected chi connectivity index (χ4v) is 5.98. The number of hydrogen-bond donors (Lipinski definition) is 1. The summed E-state index contributed by atoms with van der Waals surface area (Å²) in [6.07, 6.45) is 5.55. The summed E-state index contributed by atoms with van der Waals surface area (Å²) in [6, 6.07) is 11.8. The van der Waals surface area contributed by atoms with Gasteiger partial charge in [-0.25, -0.2) is 4.79 Å². The normalized spacial score (nSPS) is 25.3. The minimum absolute atomic E-state index is 0.0286. The Morgan fingerprint density at radius 3 is 2.30 bits per heavy atom. The van der Waals surface area contributed by atoms with Gasteiger partial charge in [-0.15, -0.1) is 0 Å². The van der Waals surface area contributed by atoms with Gasteiger partial charge in [-0.2, -0.15) is 0 Å². The molecule has 1 N–H and O–H groups in total. The van der Waals surface area contributed by atoms with Crippen molar-refractivity contribution in [1.29, 1.82) is 0 Å². The lowest BCUT2D eigenvalue weighted by Gasteiger charge is -2.38. The third-order valence-electron chi connectivity index (χ3n) is 6.97. The quantitative estimate of drug-likeness (QED) is 0.540. The molecule has 0 bridgehead atoms. The smallest absolute Gasteiger partial charge is 0.437 e. The van der Waals surface area contributed by atoms with Crippen molar-refractivity contribution < 1.29 is 24.2 Å². The molecule has 0 radical (unpaired) electrons. The van der Waals surface area contributed by atoms with Crippen LogP contribution in [0.5, 0.6) is 5.06 Å². The fourth-order valence-electron chi connectivity index (χ4n) is 4.98. The summed E-state index contributed by atoms with van der Waals surface area (Å²) in [5, 5.41) is 10.4. The maximum atomic E-state index is 13.9. The van der Waals surface area contributed by atoms with E-state index in [-0.39, 0.29) is 24.0 Å². The summed E-state index contributed by atoms with van der Waals surface area (Å²) in [7, 11) is 1.28. The van der Waals surface area contributed by atoms with Crippen molar-refractivity contribution in [2.24, 2.45) is 11.8 Å². The van der Waals surface area contributed by atoms with E-state index in [0.29, 0.717) is 29.5 Å². The molecule has 2 aromatic rings. The summed E-state index contributed by atoms with van der Waals surface area (Å²) in [4.78, 5) is 28.8. The lowest BCUT2D eigenvalue weighted by Crippen LogP contribution is -2.46. The van der Waals surface area contributed by atoms with Gasteiger partial charge >= 0.3 is 6.16 Å². The zero-order valence-corrected chi connectivity index (χ0v) is 20.2. The lowest BCUT2D eigenvalue weighted by molar-refractivity contribution is -0.124. The number of rotatable bonds is 5. The van der Waals surface area contributed by atoms with Crippen LogP contribution in [-0.4, -0.2) is 36.4 Å². The zero-order chi connectivity index (χ0) is 23.4. The van der Waals surface area contributed by atoms with Gasteiger partial charge in [0.2, 0.25) is 11.0 Å². The Bertz CT molecular complexity index is 943. The molecule has 6 nitrogen and oxygen atoms in total. The second-order valence-electron chi connectivity index (χ2n) is 9.33. The molecular formula is C26H33NO5S. The van der Waals surface area contributed by atoms with Crippen molar-refractivity contribution in [1.82, 2.24) is 0 Å². The second-order valence-corrected chi connectivity index (χ2v) is 10.3. The van der Waals surface area contributed by atoms with Gasteiger partial charge in [0.25, 0.3) is 0 Å². The number of carbonyl (C=O) groups excluding carboxylic acids is 2. The first-order valence-corrected chi connectivity index (χ1v) is 12.7. The van der Waals surface area contributed by atoms with Crippen molar-refractivity contribution in [2.45, 2.75) is 70.4 Å². The van der Waals surface area contributed by atoms with Crippen molar-refractivity contribution >= 4 is 29.1 Å². The molecule has 7 heteroatoms. The van der Waals surface area contributed by atoms with E-state index >= 15 is 0 Å². The highest BCUT2D eigenvalue weighted by molar-refractivity contribution is 7.18. The van der Waals surface area contributed by atoms with E-state index in [0.717, 1.165) is 49.0 Å². The maximum Gasteiger partial charge on any atom is 0.514 e. The van der Waals surface area contributed by atoms with Gasteiger partial charge in [0.05, 0.1) is 18.9 Å². The first-order chi connectivity index (χ1) is 16.0. The van der Waals surface area contributed by atoms with Crippen LogP contribution < -0.4 is 9.64 Å². The molecule has 33 heavy (non-hydrogen) atoms. The molecule has 2 saturated carbocycles. The van der Waals surface area contributed by atoms with Gasteiger partial charge in [0, 0.05) is 16.8 Å². The minimum Gasteiger partial charge on any atom is -0.437 e. The first-order valence-electron chi connectivity index (χ1n) is 11.9. The van der Waals surface area contributed by atoms with Crippen LogP contribution in [-0.2, 0) is 9.53 Å². The molecule has 0 atom stereocenters. The highest BCUT2D eigenvalue weighted by Crippen LogP contribution is 2.46. The number of thiophene rings is 1. The predicted octanol–water partition coefficient (Wildman–Crippen LogP) is 6.02. The van der Waals surface area contributed by atoms with Crippen LogP contribution in [0.3, 0.4) is 0 Å². The number of ether oxygens (including phenoxy) is 2. The molecule has 2 fully saturated rings. The molecule has 1 amide bonds. The Balaban J connectivity index is 1.73. The molecule has 2 aliphatic rings. The van der Waals surface area contributed by atoms with Crippen LogP contribution in [0.1, 0.15) is 58.3 Å². The third kappa shape index (κ3) is 5.58. The Labute approximate surface area is 199 Å². The molecule has 0 spiro atoms. The zero-order valence-electron chi connectivity index (χ0n) is 19.4. The van der Waals surface area contributed by atoms with Crippen molar-refractivity contribution in [3.63, 3.8) is 0 Å². The van der Waals surface area contributed by atoms with Gasteiger partial charge < -0.3 is 19.5 Å². The number of anilines is 1. The molecular weight excluding hydrogens is 438 g/mol. The number of nitrogens with zero attached hydrogens (tertiary/aromatic N) is 1. The lowest BCUT2D eigenvalue weighted by atomic mass is 9.81. The van der Waals surface area contributed by atoms with Crippen molar-refractivity contribution in [2.75, 3.05) is 12.0 Å². The van der Waals surface area contributed by atoms with Crippen LogP contribution >= 0.6 is 11.3 Å². The summed E-state index contributed by atoms with van der Waals surface area (Å²) in [6.45, 7) is 2.24. The molecule has 2 aliphatic carbocycles. The molecule has 0 saturated heterocycles. The summed E-state index contributed by atoms with van der Waals surface area (Å²) in [5.41, 5.74) is 1.63. The van der Waals surface area contributed by atoms with E-state index < -0.39 is 6.16 Å². The van der Waals surface area contributed by atoms with Crippen molar-refractivity contribution in [3.8, 4) is 15.5 Å². The standard InChI is InChI=1S/C26H33NO5S/c1-17-8-10-19(11-9-17)24(29)27(20-12-14-21(28)15-13-20)22-16-23(18-6-4-3-5-7-18)33-25(22)32-26(30)31-2/h3-7,16-17,19-21,28H,8-15H2,1-2H3. The second kappa shape index (κ2) is 10.7. The molecule has 0 unspecified atom stereocenters. The molecule has 1 aromatic heterocycles. The number of amides is 1. The van der Waals surface area contributed by atoms with E-state index in [9.17, 15) is 14.7 Å². The summed E-state index contributed by atoms with van der Waals surface area (Å²) < 4.78 is 10.3. The Hall–Kier alpha value is -2.38. The highest BCUT2D eigenvalue weighted by Gasteiger charge is 2.37. The van der Waals surface area contributed by atoms with Crippen LogP contribution in [0.25, 0.3) is 10.4 Å². The number of aliphatic hydroxyl groups is 1. The number of hydrogen-bond acceptors (Lipinski definition) is 6. The van der Waals surface area contributed by atoms with Gasteiger partial charge in [-0.05, 0) is 68.9 Å². The molecule has 178 valence electrons. The van der Waals surface area contributed by atoms with Crippen LogP contribution in [0.4, 0.5) is 10.5 Å². The largest absolute Gasteiger partial charge is 0.514 e. The SMILES string of the molecule is COC(=O)Oc1sc(-c2ccccc2)cc1N(C(=O)C1CCC(C)CC1)C1CCC(O)CC1. The number of aliphatic hydroxyl groups excluding tert-OH is 1. The van der Waals surface area contributed by atoms with Crippen LogP contribution in [0.2, 0.25) is 0 Å². The van der Waals surface area contributed by atoms with Gasteiger partial charge in [0.1, 0.15) is 0 Å². The summed E-state index contributed by atoms with van der Waals surface area (Å²) >= 11 is 1.35. The monoisotopic (exact) mass is 471 g/mol. The highest BCUT2D eigenvalue weighted by atomic mass is 32.1. The first kappa shape index (κ1) is 23.8. The van der Waals surface area contributed by atoms with E-state index in [4.69, 9.17) is 9.47 Å². The third-order valence-corrected chi connectivity index (χ3v) is 8.03. The Morgan fingerprint density at radius 1 is 1.00 bits per heavy atom. The minimum atomic E-state index is -0.796. The molecule has 1 aromatic carbocycles. The van der Waals surface area contributed by atoms with E-state index in [1.54, 1.807) is 0 Å².